The van der Waals surface area contributed by atoms with Crippen LogP contribution in [-0.4, -0.2) is 39.4 Å². The van der Waals surface area contributed by atoms with E-state index in [1.165, 1.54) is 62.1 Å². The van der Waals surface area contributed by atoms with Crippen LogP contribution in [0.3, 0.4) is 0 Å². The topological polar surface area (TPSA) is 44.7 Å². The number of benzene rings is 1. The lowest BCUT2D eigenvalue weighted by Crippen LogP contribution is -2.50. The molecular weight excluding hydrogens is 450 g/mol. The van der Waals surface area contributed by atoms with Gasteiger partial charge in [-0.2, -0.15) is 0 Å². The van der Waals surface area contributed by atoms with E-state index in [1.54, 1.807) is 0 Å². The molecule has 4 nitrogen and oxygen atoms in total. The molecule has 1 amide bonds. The van der Waals surface area contributed by atoms with Crippen LogP contribution in [-0.2, 0) is 4.79 Å². The van der Waals surface area contributed by atoms with E-state index in [4.69, 9.17) is 4.99 Å². The van der Waals surface area contributed by atoms with Crippen molar-refractivity contribution in [3.8, 4) is 0 Å². The highest BCUT2D eigenvalue weighted by Crippen LogP contribution is 2.57. The molecule has 1 N–H and O–H groups in total. The molecule has 0 aromatic heterocycles. The van der Waals surface area contributed by atoms with Crippen LogP contribution in [0.2, 0.25) is 0 Å². The smallest absolute Gasteiger partial charge is 0.226 e. The molecule has 7 rings (SSSR count). The van der Waals surface area contributed by atoms with Gasteiger partial charge in [0.25, 0.3) is 0 Å². The van der Waals surface area contributed by atoms with Crippen LogP contribution in [0.5, 0.6) is 0 Å². The summed E-state index contributed by atoms with van der Waals surface area (Å²) in [5.74, 6) is 4.42. The van der Waals surface area contributed by atoms with E-state index in [-0.39, 0.29) is 29.9 Å². The molecule has 33 heavy (non-hydrogen) atoms. The summed E-state index contributed by atoms with van der Waals surface area (Å²) < 4.78 is 0. The fourth-order valence-corrected chi connectivity index (χ4v) is 8.64. The summed E-state index contributed by atoms with van der Waals surface area (Å²) in [6.07, 6.45) is 11.4. The number of nitrogens with one attached hydrogen (secondary N) is 1. The standard InChI is InChI=1S/C27H37N3OS.ClH/c1-17(2)21-3-5-22(6-4-21)28-25(31)12-24-16-32-26(30(24)23-7-8-23)29-27-13-18-9-19(14-27)11-20(10-18)15-27;/h3-6,17-20,23-24H,7-16H2,1-2H3,(H,28,31);1H. The predicted octanol–water partition coefficient (Wildman–Crippen LogP) is 6.47. The van der Waals surface area contributed by atoms with Gasteiger partial charge in [0.2, 0.25) is 5.91 Å². The van der Waals surface area contributed by atoms with Crippen LogP contribution >= 0.6 is 24.2 Å². The number of thioether (sulfide) groups is 1. The highest BCUT2D eigenvalue weighted by molar-refractivity contribution is 8.14. The maximum absolute atomic E-state index is 12.9. The van der Waals surface area contributed by atoms with Gasteiger partial charge in [0.1, 0.15) is 0 Å². The molecule has 1 heterocycles. The molecule has 6 aliphatic rings. The maximum Gasteiger partial charge on any atom is 0.226 e. The molecule has 6 heteroatoms. The number of amidine groups is 1. The number of nitrogens with zero attached hydrogens (tertiary/aromatic N) is 2. The Bertz CT molecular complexity index is 875. The minimum Gasteiger partial charge on any atom is -0.344 e. The van der Waals surface area contributed by atoms with Crippen molar-refractivity contribution in [1.29, 1.82) is 0 Å². The number of rotatable bonds is 6. The van der Waals surface area contributed by atoms with Crippen LogP contribution in [0, 0.1) is 17.8 Å². The summed E-state index contributed by atoms with van der Waals surface area (Å²) in [7, 11) is 0. The lowest BCUT2D eigenvalue weighted by atomic mass is 9.53. The summed E-state index contributed by atoms with van der Waals surface area (Å²) in [6, 6.07) is 9.22. The largest absolute Gasteiger partial charge is 0.344 e. The van der Waals surface area contributed by atoms with Crippen LogP contribution in [0.25, 0.3) is 0 Å². The Morgan fingerprint density at radius 1 is 1.09 bits per heavy atom. The third-order valence-electron chi connectivity index (χ3n) is 8.58. The van der Waals surface area contributed by atoms with Crippen molar-refractivity contribution in [2.24, 2.45) is 22.7 Å². The number of carbonyl (C=O) groups excluding carboxylic acids is 1. The summed E-state index contributed by atoms with van der Waals surface area (Å²) in [5.41, 5.74) is 2.44. The van der Waals surface area contributed by atoms with Gasteiger partial charge in [-0.25, -0.2) is 0 Å². The second-order valence-corrected chi connectivity index (χ2v) is 12.7. The second kappa shape index (κ2) is 9.11. The van der Waals surface area contributed by atoms with Crippen molar-refractivity contribution in [2.75, 3.05) is 11.1 Å². The maximum atomic E-state index is 12.9. The Morgan fingerprint density at radius 2 is 1.70 bits per heavy atom. The van der Waals surface area contributed by atoms with E-state index in [2.05, 4.69) is 36.2 Å². The Morgan fingerprint density at radius 3 is 2.24 bits per heavy atom. The number of halogens is 1. The van der Waals surface area contributed by atoms with E-state index in [0.717, 1.165) is 29.2 Å². The van der Waals surface area contributed by atoms with Crippen molar-refractivity contribution < 1.29 is 4.79 Å². The number of amides is 1. The summed E-state index contributed by atoms with van der Waals surface area (Å²) in [5, 5.41) is 4.41. The molecule has 1 atom stereocenters. The van der Waals surface area contributed by atoms with E-state index in [1.807, 2.05) is 23.9 Å². The van der Waals surface area contributed by atoms with Crippen LogP contribution in [0.15, 0.2) is 29.3 Å². The first-order chi connectivity index (χ1) is 15.5. The average molecular weight is 488 g/mol. The molecule has 1 saturated heterocycles. The molecule has 4 bridgehead atoms. The molecular formula is C27H38ClN3OS. The van der Waals surface area contributed by atoms with Gasteiger partial charge in [-0.05, 0) is 92.7 Å². The van der Waals surface area contributed by atoms with Crippen LogP contribution < -0.4 is 5.32 Å². The number of aliphatic imine (C=N–C) groups is 1. The SMILES string of the molecule is CC(C)c1ccc(NC(=O)CC2CSC(=NC34CC5CC(CC(C5)C3)C4)N2C2CC2)cc1.Cl. The van der Waals surface area contributed by atoms with Gasteiger partial charge in [0, 0.05) is 29.9 Å². The summed E-state index contributed by atoms with van der Waals surface area (Å²) in [6.45, 7) is 4.39. The minimum absolute atomic E-state index is 0. The number of anilines is 1. The third-order valence-corrected chi connectivity index (χ3v) is 9.69. The van der Waals surface area contributed by atoms with Crippen molar-refractivity contribution in [3.63, 3.8) is 0 Å². The molecule has 6 fully saturated rings. The molecule has 1 unspecified atom stereocenters. The molecule has 0 spiro atoms. The quantitative estimate of drug-likeness (QED) is 0.500. The Labute approximate surface area is 209 Å². The van der Waals surface area contributed by atoms with Gasteiger partial charge in [0.15, 0.2) is 5.17 Å². The first-order valence-corrected chi connectivity index (χ1v) is 13.9. The highest BCUT2D eigenvalue weighted by atomic mass is 35.5. The fourth-order valence-electron chi connectivity index (χ4n) is 7.32. The molecule has 1 aromatic rings. The van der Waals surface area contributed by atoms with Gasteiger partial charge in [0.05, 0.1) is 5.54 Å². The molecule has 5 aliphatic carbocycles. The number of hydrogen-bond donors (Lipinski definition) is 1. The molecule has 180 valence electrons. The third kappa shape index (κ3) is 4.82. The van der Waals surface area contributed by atoms with Gasteiger partial charge >= 0.3 is 0 Å². The summed E-state index contributed by atoms with van der Waals surface area (Å²) >= 11 is 1.93. The normalized spacial score (nSPS) is 35.8. The highest BCUT2D eigenvalue weighted by Gasteiger charge is 2.52. The summed E-state index contributed by atoms with van der Waals surface area (Å²) in [4.78, 5) is 21.0. The van der Waals surface area contributed by atoms with E-state index in [9.17, 15) is 4.79 Å². The lowest BCUT2D eigenvalue weighted by molar-refractivity contribution is -0.116. The van der Waals surface area contributed by atoms with Crippen molar-refractivity contribution in [1.82, 2.24) is 4.90 Å². The van der Waals surface area contributed by atoms with Crippen molar-refractivity contribution in [2.45, 2.75) is 95.2 Å². The first kappa shape index (κ1) is 23.5. The Balaban J connectivity index is 0.00000228. The molecule has 0 radical (unpaired) electrons. The molecule has 1 aliphatic heterocycles. The zero-order chi connectivity index (χ0) is 21.9. The fraction of sp³-hybridized carbons (Fsp3) is 0.704. The molecule has 5 saturated carbocycles. The van der Waals surface area contributed by atoms with Gasteiger partial charge in [-0.15, -0.1) is 12.4 Å². The Hall–Kier alpha value is -1.20. The zero-order valence-electron chi connectivity index (χ0n) is 20.0. The van der Waals surface area contributed by atoms with Gasteiger partial charge in [-0.1, -0.05) is 37.7 Å². The Kier molecular flexibility index (Phi) is 6.50. The molecule has 1 aromatic carbocycles. The minimum atomic E-state index is 0. The van der Waals surface area contributed by atoms with E-state index >= 15 is 0 Å². The van der Waals surface area contributed by atoms with Gasteiger partial charge < -0.3 is 10.2 Å². The monoisotopic (exact) mass is 487 g/mol. The van der Waals surface area contributed by atoms with Crippen molar-refractivity contribution in [3.05, 3.63) is 29.8 Å². The van der Waals surface area contributed by atoms with E-state index in [0.29, 0.717) is 18.4 Å². The van der Waals surface area contributed by atoms with Gasteiger partial charge in [-0.3, -0.25) is 9.79 Å². The lowest BCUT2D eigenvalue weighted by Gasteiger charge is -2.55. The van der Waals surface area contributed by atoms with E-state index < -0.39 is 0 Å². The van der Waals surface area contributed by atoms with Crippen molar-refractivity contribution >= 4 is 40.9 Å². The number of carbonyl (C=O) groups is 1. The van der Waals surface area contributed by atoms with Crippen LogP contribution in [0.1, 0.15) is 83.1 Å². The second-order valence-electron chi connectivity index (χ2n) is 11.7. The predicted molar refractivity (Wildman–Crippen MR) is 140 cm³/mol. The number of hydrogen-bond acceptors (Lipinski definition) is 3. The zero-order valence-corrected chi connectivity index (χ0v) is 21.6. The first-order valence-electron chi connectivity index (χ1n) is 12.9. The average Bonchev–Trinajstić information content (AvgIpc) is 3.49. The van der Waals surface area contributed by atoms with Crippen LogP contribution in [0.4, 0.5) is 5.69 Å².